The summed E-state index contributed by atoms with van der Waals surface area (Å²) in [6, 6.07) is 10.3. The van der Waals surface area contributed by atoms with Crippen LogP contribution in [0.1, 0.15) is 23.7 Å². The zero-order valence-electron chi connectivity index (χ0n) is 19.5. The molecule has 1 atom stereocenters. The maximum absolute atomic E-state index is 12.8. The van der Waals surface area contributed by atoms with Crippen LogP contribution in [0.3, 0.4) is 0 Å². The van der Waals surface area contributed by atoms with Crippen LogP contribution in [-0.2, 0) is 4.79 Å². The quantitative estimate of drug-likeness (QED) is 0.532. The molecule has 2 aromatic carbocycles. The molecule has 0 aliphatic carbocycles. The molecule has 4 rings (SSSR count). The van der Waals surface area contributed by atoms with Crippen LogP contribution >= 0.6 is 11.3 Å². The second kappa shape index (κ2) is 10.3. The standard InChI is InChI=1S/C24H29N5O4S/c1-4-17(25)23(31)28-9-11-29(12-10-28)24-27-18-7-5-15(13-21(18)34-24)22(30)26-16-6-8-19(32-2)20(14-16)33-3/h5-8,13-14,17H,4,9-12,25H2,1-3H3,(H,26,30)/t17-/m0/s1. The van der Waals surface area contributed by atoms with Gasteiger partial charge in [0.05, 0.1) is 30.5 Å². The number of nitrogens with one attached hydrogen (secondary N) is 1. The van der Waals surface area contributed by atoms with Gasteiger partial charge in [0.15, 0.2) is 16.6 Å². The monoisotopic (exact) mass is 483 g/mol. The van der Waals surface area contributed by atoms with Crippen LogP contribution in [-0.4, -0.2) is 68.1 Å². The molecule has 9 nitrogen and oxygen atoms in total. The molecule has 2 amide bonds. The van der Waals surface area contributed by atoms with Gasteiger partial charge in [0.1, 0.15) is 0 Å². The van der Waals surface area contributed by atoms with Crippen LogP contribution < -0.4 is 25.4 Å². The summed E-state index contributed by atoms with van der Waals surface area (Å²) in [7, 11) is 3.12. The zero-order valence-corrected chi connectivity index (χ0v) is 20.4. The molecular formula is C24H29N5O4S. The Hall–Kier alpha value is -3.37. The summed E-state index contributed by atoms with van der Waals surface area (Å²) < 4.78 is 11.5. The molecule has 0 unspecified atom stereocenters. The van der Waals surface area contributed by atoms with Crippen LogP contribution in [0.4, 0.5) is 10.8 Å². The van der Waals surface area contributed by atoms with Crippen molar-refractivity contribution in [3.8, 4) is 11.5 Å². The maximum Gasteiger partial charge on any atom is 0.255 e. The normalized spacial score (nSPS) is 14.7. The Morgan fingerprint density at radius 2 is 1.82 bits per heavy atom. The first-order valence-corrected chi connectivity index (χ1v) is 12.0. The van der Waals surface area contributed by atoms with E-state index in [1.165, 1.54) is 0 Å². The van der Waals surface area contributed by atoms with Gasteiger partial charge in [0, 0.05) is 43.5 Å². The van der Waals surface area contributed by atoms with Gasteiger partial charge in [-0.05, 0) is 36.8 Å². The number of carbonyl (C=O) groups is 2. The summed E-state index contributed by atoms with van der Waals surface area (Å²) in [4.78, 5) is 33.9. The largest absolute Gasteiger partial charge is 0.493 e. The number of carbonyl (C=O) groups excluding carboxylic acids is 2. The fraction of sp³-hybridized carbons (Fsp3) is 0.375. The van der Waals surface area contributed by atoms with Crippen molar-refractivity contribution < 1.29 is 19.1 Å². The van der Waals surface area contributed by atoms with E-state index in [1.807, 2.05) is 24.0 Å². The third-order valence-electron chi connectivity index (χ3n) is 5.90. The fourth-order valence-corrected chi connectivity index (χ4v) is 4.89. The lowest BCUT2D eigenvalue weighted by Gasteiger charge is -2.35. The molecule has 180 valence electrons. The lowest BCUT2D eigenvalue weighted by molar-refractivity contribution is -0.132. The molecule has 3 aromatic rings. The van der Waals surface area contributed by atoms with Crippen molar-refractivity contribution in [1.82, 2.24) is 9.88 Å². The third-order valence-corrected chi connectivity index (χ3v) is 6.98. The van der Waals surface area contributed by atoms with Gasteiger partial charge < -0.3 is 30.3 Å². The Morgan fingerprint density at radius 1 is 1.09 bits per heavy atom. The Bertz CT molecular complexity index is 1190. The fourth-order valence-electron chi connectivity index (χ4n) is 3.83. The molecule has 0 radical (unpaired) electrons. The molecular weight excluding hydrogens is 454 g/mol. The molecule has 0 spiro atoms. The molecule has 1 aliphatic rings. The molecule has 34 heavy (non-hydrogen) atoms. The minimum atomic E-state index is -0.433. The van der Waals surface area contributed by atoms with E-state index in [1.54, 1.807) is 49.8 Å². The highest BCUT2D eigenvalue weighted by Gasteiger charge is 2.25. The topological polar surface area (TPSA) is 110 Å². The molecule has 3 N–H and O–H groups in total. The number of nitrogens with zero attached hydrogens (tertiary/aromatic N) is 3. The van der Waals surface area contributed by atoms with Crippen LogP contribution in [0.25, 0.3) is 10.2 Å². The van der Waals surface area contributed by atoms with E-state index in [-0.39, 0.29) is 11.8 Å². The smallest absolute Gasteiger partial charge is 0.255 e. The maximum atomic E-state index is 12.8. The van der Waals surface area contributed by atoms with E-state index in [2.05, 4.69) is 10.2 Å². The molecule has 10 heteroatoms. The number of nitrogens with two attached hydrogens (primary N) is 1. The number of aromatic nitrogens is 1. The number of hydrogen-bond acceptors (Lipinski definition) is 8. The highest BCUT2D eigenvalue weighted by atomic mass is 32.1. The molecule has 1 aliphatic heterocycles. The van der Waals surface area contributed by atoms with Gasteiger partial charge >= 0.3 is 0 Å². The minimum absolute atomic E-state index is 0.0107. The molecule has 0 bridgehead atoms. The third kappa shape index (κ3) is 4.92. The number of amides is 2. The highest BCUT2D eigenvalue weighted by Crippen LogP contribution is 2.32. The number of fused-ring (bicyclic) bond motifs is 1. The van der Waals surface area contributed by atoms with Gasteiger partial charge in [-0.25, -0.2) is 4.98 Å². The van der Waals surface area contributed by atoms with Gasteiger partial charge in [-0.3, -0.25) is 9.59 Å². The van der Waals surface area contributed by atoms with E-state index >= 15 is 0 Å². The second-order valence-electron chi connectivity index (χ2n) is 8.03. The van der Waals surface area contributed by atoms with E-state index in [0.29, 0.717) is 55.3 Å². The van der Waals surface area contributed by atoms with Crippen molar-refractivity contribution in [3.05, 3.63) is 42.0 Å². The number of hydrogen-bond donors (Lipinski definition) is 2. The lowest BCUT2D eigenvalue weighted by atomic mass is 10.2. The van der Waals surface area contributed by atoms with E-state index in [0.717, 1.165) is 15.3 Å². The number of rotatable bonds is 7. The van der Waals surface area contributed by atoms with Crippen LogP contribution in [0, 0.1) is 0 Å². The number of thiazole rings is 1. The van der Waals surface area contributed by atoms with Crippen LogP contribution in [0.2, 0.25) is 0 Å². The number of piperazine rings is 1. The molecule has 0 saturated carbocycles. The van der Waals surface area contributed by atoms with Gasteiger partial charge in [0.25, 0.3) is 5.91 Å². The van der Waals surface area contributed by atoms with Crippen molar-refractivity contribution in [2.75, 3.05) is 50.6 Å². The molecule has 2 heterocycles. The summed E-state index contributed by atoms with van der Waals surface area (Å²) in [5, 5.41) is 3.79. The number of ether oxygens (including phenoxy) is 2. The Labute approximate surface area is 202 Å². The first-order valence-electron chi connectivity index (χ1n) is 11.2. The number of methoxy groups -OCH3 is 2. The average Bonchev–Trinajstić information content (AvgIpc) is 3.31. The van der Waals surface area contributed by atoms with Crippen molar-refractivity contribution in [2.45, 2.75) is 19.4 Å². The molecule has 1 fully saturated rings. The molecule has 1 aromatic heterocycles. The average molecular weight is 484 g/mol. The SMILES string of the molecule is CC[C@H](N)C(=O)N1CCN(c2nc3ccc(C(=O)Nc4ccc(OC)c(OC)c4)cc3s2)CC1. The van der Waals surface area contributed by atoms with Gasteiger partial charge in [-0.1, -0.05) is 18.3 Å². The Kier molecular flexibility index (Phi) is 7.18. The van der Waals surface area contributed by atoms with Crippen molar-refractivity contribution >= 4 is 44.2 Å². The predicted molar refractivity (Wildman–Crippen MR) is 134 cm³/mol. The van der Waals surface area contributed by atoms with Crippen LogP contribution in [0.15, 0.2) is 36.4 Å². The first-order chi connectivity index (χ1) is 16.4. The number of benzene rings is 2. The van der Waals surface area contributed by atoms with Crippen molar-refractivity contribution in [1.29, 1.82) is 0 Å². The highest BCUT2D eigenvalue weighted by molar-refractivity contribution is 7.22. The molecule has 1 saturated heterocycles. The van der Waals surface area contributed by atoms with Crippen molar-refractivity contribution in [3.63, 3.8) is 0 Å². The van der Waals surface area contributed by atoms with Crippen LogP contribution in [0.5, 0.6) is 11.5 Å². The summed E-state index contributed by atoms with van der Waals surface area (Å²) in [5.74, 6) is 0.930. The summed E-state index contributed by atoms with van der Waals surface area (Å²) in [6.45, 7) is 4.58. The lowest BCUT2D eigenvalue weighted by Crippen LogP contribution is -2.53. The van der Waals surface area contributed by atoms with Crippen molar-refractivity contribution in [2.24, 2.45) is 5.73 Å². The predicted octanol–water partition coefficient (Wildman–Crippen LogP) is 2.95. The summed E-state index contributed by atoms with van der Waals surface area (Å²) >= 11 is 1.54. The summed E-state index contributed by atoms with van der Waals surface area (Å²) in [5.41, 5.74) is 7.90. The van der Waals surface area contributed by atoms with E-state index < -0.39 is 6.04 Å². The van der Waals surface area contributed by atoms with Gasteiger partial charge in [-0.2, -0.15) is 0 Å². The van der Waals surface area contributed by atoms with E-state index in [9.17, 15) is 9.59 Å². The minimum Gasteiger partial charge on any atom is -0.493 e. The Balaban J connectivity index is 1.44. The van der Waals surface area contributed by atoms with Gasteiger partial charge in [-0.15, -0.1) is 0 Å². The van der Waals surface area contributed by atoms with Gasteiger partial charge in [0.2, 0.25) is 5.91 Å². The second-order valence-corrected chi connectivity index (χ2v) is 9.04. The zero-order chi connectivity index (χ0) is 24.2. The Morgan fingerprint density at radius 3 is 2.50 bits per heavy atom. The summed E-state index contributed by atoms with van der Waals surface area (Å²) in [6.07, 6.45) is 0.638. The number of anilines is 2. The van der Waals surface area contributed by atoms with E-state index in [4.69, 9.17) is 20.2 Å². The first kappa shape index (κ1) is 23.8.